The van der Waals surface area contributed by atoms with Gasteiger partial charge in [0.15, 0.2) is 12.1 Å². The summed E-state index contributed by atoms with van der Waals surface area (Å²) in [6, 6.07) is 3.66. The van der Waals surface area contributed by atoms with Crippen LogP contribution in [0.5, 0.6) is 0 Å². The van der Waals surface area contributed by atoms with Crippen LogP contribution in [-0.4, -0.2) is 58.4 Å². The van der Waals surface area contributed by atoms with E-state index in [0.717, 1.165) is 6.07 Å². The highest BCUT2D eigenvalue weighted by atomic mass is 19.3. The van der Waals surface area contributed by atoms with Gasteiger partial charge in [0.25, 0.3) is 6.43 Å². The first-order valence-corrected chi connectivity index (χ1v) is 10.5. The van der Waals surface area contributed by atoms with Gasteiger partial charge in [-0.25, -0.2) is 27.9 Å². The third kappa shape index (κ3) is 4.50. The van der Waals surface area contributed by atoms with E-state index in [1.165, 1.54) is 12.1 Å². The number of anilines is 1. The van der Waals surface area contributed by atoms with Crippen molar-refractivity contribution in [3.63, 3.8) is 0 Å². The van der Waals surface area contributed by atoms with Crippen LogP contribution in [0.4, 0.5) is 23.8 Å². The quantitative estimate of drug-likeness (QED) is 0.684. The summed E-state index contributed by atoms with van der Waals surface area (Å²) < 4.78 is 46.5. The Bertz CT molecular complexity index is 1070. The van der Waals surface area contributed by atoms with Crippen molar-refractivity contribution in [3.8, 4) is 0 Å². The molecule has 1 aromatic heterocycles. The van der Waals surface area contributed by atoms with Crippen LogP contribution in [0.2, 0.25) is 0 Å². The molecule has 2 amide bonds. The van der Waals surface area contributed by atoms with Gasteiger partial charge >= 0.3 is 6.03 Å². The topological polar surface area (TPSA) is 87.7 Å². The van der Waals surface area contributed by atoms with Crippen molar-refractivity contribution in [2.24, 2.45) is 0 Å². The average molecular weight is 463 g/mol. The number of hydrogen-bond donors (Lipinski definition) is 1. The molecule has 1 N–H and O–H groups in total. The van der Waals surface area contributed by atoms with Crippen LogP contribution in [0.3, 0.4) is 0 Å². The van der Waals surface area contributed by atoms with E-state index in [-0.39, 0.29) is 36.3 Å². The van der Waals surface area contributed by atoms with Gasteiger partial charge in [-0.1, -0.05) is 18.2 Å². The van der Waals surface area contributed by atoms with Crippen molar-refractivity contribution in [3.05, 3.63) is 52.2 Å². The summed E-state index contributed by atoms with van der Waals surface area (Å²) in [5, 5.41) is 3.09. The zero-order valence-electron chi connectivity index (χ0n) is 18.3. The first-order chi connectivity index (χ1) is 15.7. The number of urea groups is 1. The molecule has 2 aromatic rings. The SMILES string of the molecule is CC(C)(Nc1nc(C=O)nc2c1CN(C(=O)N1CCOCC1)C2)c1cccc(C(F)F)c1F. The van der Waals surface area contributed by atoms with Gasteiger partial charge in [0.1, 0.15) is 11.6 Å². The minimum absolute atomic E-state index is 0.0274. The number of rotatable bonds is 5. The number of benzene rings is 1. The Kier molecular flexibility index (Phi) is 6.24. The Labute approximate surface area is 188 Å². The Morgan fingerprint density at radius 2 is 1.91 bits per heavy atom. The van der Waals surface area contributed by atoms with Crippen LogP contribution in [0, 0.1) is 5.82 Å². The van der Waals surface area contributed by atoms with Crippen LogP contribution in [0.15, 0.2) is 18.2 Å². The minimum atomic E-state index is -2.95. The summed E-state index contributed by atoms with van der Waals surface area (Å²) in [4.78, 5) is 36.1. The molecule has 1 fully saturated rings. The van der Waals surface area contributed by atoms with Crippen LogP contribution in [-0.2, 0) is 23.4 Å². The molecule has 4 rings (SSSR count). The number of aromatic nitrogens is 2. The maximum Gasteiger partial charge on any atom is 0.320 e. The Hall–Kier alpha value is -3.21. The number of morpholine rings is 1. The Morgan fingerprint density at radius 1 is 1.18 bits per heavy atom. The van der Waals surface area contributed by atoms with E-state index in [9.17, 15) is 22.8 Å². The van der Waals surface area contributed by atoms with Crippen molar-refractivity contribution in [2.45, 2.75) is 38.9 Å². The molecule has 33 heavy (non-hydrogen) atoms. The van der Waals surface area contributed by atoms with Crippen LogP contribution in [0.25, 0.3) is 0 Å². The lowest BCUT2D eigenvalue weighted by molar-refractivity contribution is 0.0429. The summed E-state index contributed by atoms with van der Waals surface area (Å²) in [5.41, 5.74) is -0.709. The molecule has 0 bridgehead atoms. The summed E-state index contributed by atoms with van der Waals surface area (Å²) in [5.74, 6) is -0.837. The highest BCUT2D eigenvalue weighted by molar-refractivity contribution is 5.76. The van der Waals surface area contributed by atoms with Crippen molar-refractivity contribution < 1.29 is 27.5 Å². The predicted octanol–water partition coefficient (Wildman–Crippen LogP) is 3.48. The molecule has 1 saturated heterocycles. The normalized spacial score (nSPS) is 16.2. The number of halogens is 3. The molecular weight excluding hydrogens is 439 g/mol. The molecule has 3 heterocycles. The molecule has 0 spiro atoms. The Morgan fingerprint density at radius 3 is 2.58 bits per heavy atom. The second-order valence-electron chi connectivity index (χ2n) is 8.47. The van der Waals surface area contributed by atoms with E-state index < -0.39 is 23.3 Å². The molecule has 2 aliphatic heterocycles. The number of amides is 2. The average Bonchev–Trinajstić information content (AvgIpc) is 3.23. The van der Waals surface area contributed by atoms with E-state index in [2.05, 4.69) is 15.3 Å². The lowest BCUT2D eigenvalue weighted by Crippen LogP contribution is -2.46. The summed E-state index contributed by atoms with van der Waals surface area (Å²) in [6.07, 6.45) is -2.46. The first kappa shape index (κ1) is 23.0. The van der Waals surface area contributed by atoms with Crippen LogP contribution >= 0.6 is 0 Å². The molecule has 11 heteroatoms. The third-order valence-electron chi connectivity index (χ3n) is 5.83. The lowest BCUT2D eigenvalue weighted by Gasteiger charge is -2.31. The van der Waals surface area contributed by atoms with Crippen molar-refractivity contribution in [1.82, 2.24) is 19.8 Å². The van der Waals surface area contributed by atoms with E-state index in [1.807, 2.05) is 0 Å². The molecule has 2 aliphatic rings. The zero-order valence-corrected chi connectivity index (χ0v) is 18.3. The predicted molar refractivity (Wildman–Crippen MR) is 112 cm³/mol. The van der Waals surface area contributed by atoms with Crippen molar-refractivity contribution in [2.75, 3.05) is 31.6 Å². The van der Waals surface area contributed by atoms with Gasteiger partial charge in [-0.15, -0.1) is 0 Å². The molecule has 0 aliphatic carbocycles. The monoisotopic (exact) mass is 463 g/mol. The summed E-state index contributed by atoms with van der Waals surface area (Å²) in [7, 11) is 0. The number of carbonyl (C=O) groups is 2. The largest absolute Gasteiger partial charge is 0.378 e. The number of alkyl halides is 2. The van der Waals surface area contributed by atoms with Gasteiger partial charge in [0.05, 0.1) is 43.1 Å². The van der Waals surface area contributed by atoms with Gasteiger partial charge in [0.2, 0.25) is 0 Å². The molecule has 0 saturated carbocycles. The smallest absolute Gasteiger partial charge is 0.320 e. The third-order valence-corrected chi connectivity index (χ3v) is 5.83. The summed E-state index contributed by atoms with van der Waals surface area (Å²) in [6.45, 7) is 5.53. The van der Waals surface area contributed by atoms with Crippen molar-refractivity contribution >= 4 is 18.1 Å². The second-order valence-corrected chi connectivity index (χ2v) is 8.47. The number of hydrogen-bond acceptors (Lipinski definition) is 6. The minimum Gasteiger partial charge on any atom is -0.378 e. The fraction of sp³-hybridized carbons (Fsp3) is 0.455. The maximum absolute atomic E-state index is 14.8. The van der Waals surface area contributed by atoms with E-state index >= 15 is 0 Å². The van der Waals surface area contributed by atoms with Crippen molar-refractivity contribution in [1.29, 1.82) is 0 Å². The zero-order chi connectivity index (χ0) is 23.8. The number of nitrogens with zero attached hydrogens (tertiary/aromatic N) is 4. The standard InChI is InChI=1S/C22H24F3N5O3/c1-22(2,15-5-3-4-13(18(15)23)19(24)25)28-20-14-10-30(11-16(14)26-17(12-31)27-20)21(32)29-6-8-33-9-7-29/h3-5,12,19H,6-11H2,1-2H3,(H,26,27,28). The van der Waals surface area contributed by atoms with Gasteiger partial charge in [-0.3, -0.25) is 4.79 Å². The number of fused-ring (bicyclic) bond motifs is 1. The number of nitrogens with one attached hydrogen (secondary N) is 1. The number of ether oxygens (including phenoxy) is 1. The first-order valence-electron chi connectivity index (χ1n) is 10.5. The number of aldehydes is 1. The van der Waals surface area contributed by atoms with Gasteiger partial charge in [0, 0.05) is 24.2 Å². The maximum atomic E-state index is 14.8. The van der Waals surface area contributed by atoms with Crippen LogP contribution in [0.1, 0.15) is 53.3 Å². The molecule has 0 atom stereocenters. The van der Waals surface area contributed by atoms with E-state index in [1.54, 1.807) is 23.6 Å². The molecule has 176 valence electrons. The molecular formula is C22H24F3N5O3. The lowest BCUT2D eigenvalue weighted by atomic mass is 9.91. The number of carbonyl (C=O) groups excluding carboxylic acids is 2. The van der Waals surface area contributed by atoms with Crippen LogP contribution < -0.4 is 5.32 Å². The fourth-order valence-electron chi connectivity index (χ4n) is 4.08. The molecule has 0 unspecified atom stereocenters. The molecule has 8 nitrogen and oxygen atoms in total. The van der Waals surface area contributed by atoms with E-state index in [4.69, 9.17) is 4.74 Å². The summed E-state index contributed by atoms with van der Waals surface area (Å²) >= 11 is 0. The highest BCUT2D eigenvalue weighted by Gasteiger charge is 2.34. The fourth-order valence-corrected chi connectivity index (χ4v) is 4.08. The van der Waals surface area contributed by atoms with E-state index in [0.29, 0.717) is 43.8 Å². The second kappa shape index (κ2) is 8.97. The highest BCUT2D eigenvalue weighted by Crippen LogP contribution is 2.35. The van der Waals surface area contributed by atoms with Gasteiger partial charge in [-0.2, -0.15) is 0 Å². The van der Waals surface area contributed by atoms with Gasteiger partial charge < -0.3 is 19.9 Å². The Balaban J connectivity index is 1.64. The van der Waals surface area contributed by atoms with Gasteiger partial charge in [-0.05, 0) is 13.8 Å². The molecule has 0 radical (unpaired) electrons. The molecule has 1 aromatic carbocycles.